The van der Waals surface area contributed by atoms with Crippen LogP contribution < -0.4 is 14.2 Å². The molecule has 108 valence electrons. The first kappa shape index (κ1) is 13.5. The highest BCUT2D eigenvalue weighted by Crippen LogP contribution is 2.39. The zero-order chi connectivity index (χ0) is 14.7. The number of benzene rings is 1. The smallest absolute Gasteiger partial charge is 0.328 e. The van der Waals surface area contributed by atoms with Crippen molar-refractivity contribution in [3.8, 4) is 17.2 Å². The standard InChI is InChI=1S/C15H12O5S/c16-15(17)4-3-10-6-13-14(20-9-19-13)7-12(10)18-8-11-2-1-5-21-11/h1-7H,8-9H2,(H,16,17). The van der Waals surface area contributed by atoms with E-state index in [9.17, 15) is 4.79 Å². The Kier molecular flexibility index (Phi) is 3.79. The van der Waals surface area contributed by atoms with Gasteiger partial charge in [0, 0.05) is 22.6 Å². The third kappa shape index (κ3) is 3.17. The predicted octanol–water partition coefficient (Wildman–Crippen LogP) is 3.15. The van der Waals surface area contributed by atoms with Gasteiger partial charge in [-0.25, -0.2) is 4.79 Å². The van der Waals surface area contributed by atoms with Crippen LogP contribution in [0.1, 0.15) is 10.4 Å². The van der Waals surface area contributed by atoms with Crippen molar-refractivity contribution in [2.75, 3.05) is 6.79 Å². The van der Waals surface area contributed by atoms with Gasteiger partial charge in [-0.15, -0.1) is 11.3 Å². The molecule has 0 radical (unpaired) electrons. The first-order valence-corrected chi connectivity index (χ1v) is 7.10. The molecule has 5 nitrogen and oxygen atoms in total. The molecule has 0 atom stereocenters. The molecule has 0 saturated carbocycles. The van der Waals surface area contributed by atoms with Gasteiger partial charge in [0.2, 0.25) is 6.79 Å². The molecule has 0 unspecified atom stereocenters. The number of hydrogen-bond donors (Lipinski definition) is 1. The third-order valence-corrected chi connectivity index (χ3v) is 3.71. The van der Waals surface area contributed by atoms with Crippen LogP contribution in [0.5, 0.6) is 17.2 Å². The Morgan fingerprint density at radius 1 is 1.38 bits per heavy atom. The average molecular weight is 304 g/mol. The highest BCUT2D eigenvalue weighted by Gasteiger charge is 2.17. The highest BCUT2D eigenvalue weighted by atomic mass is 32.1. The van der Waals surface area contributed by atoms with Crippen molar-refractivity contribution < 1.29 is 24.1 Å². The molecule has 0 amide bonds. The van der Waals surface area contributed by atoms with E-state index in [4.69, 9.17) is 19.3 Å². The van der Waals surface area contributed by atoms with E-state index in [-0.39, 0.29) is 6.79 Å². The van der Waals surface area contributed by atoms with Crippen LogP contribution >= 0.6 is 11.3 Å². The Labute approximate surface area is 125 Å². The average Bonchev–Trinajstić information content (AvgIpc) is 3.12. The zero-order valence-electron chi connectivity index (χ0n) is 10.9. The van der Waals surface area contributed by atoms with Crippen molar-refractivity contribution in [2.24, 2.45) is 0 Å². The van der Waals surface area contributed by atoms with Gasteiger partial charge < -0.3 is 19.3 Å². The molecule has 2 heterocycles. The van der Waals surface area contributed by atoms with Gasteiger partial charge in [-0.2, -0.15) is 0 Å². The Morgan fingerprint density at radius 3 is 2.90 bits per heavy atom. The van der Waals surface area contributed by atoms with E-state index < -0.39 is 5.97 Å². The molecule has 0 fully saturated rings. The molecule has 2 aromatic rings. The van der Waals surface area contributed by atoms with E-state index in [0.29, 0.717) is 29.4 Å². The molecule has 0 bridgehead atoms. The van der Waals surface area contributed by atoms with Crippen molar-refractivity contribution in [1.29, 1.82) is 0 Å². The predicted molar refractivity (Wildman–Crippen MR) is 77.9 cm³/mol. The summed E-state index contributed by atoms with van der Waals surface area (Å²) in [4.78, 5) is 11.8. The van der Waals surface area contributed by atoms with E-state index >= 15 is 0 Å². The second-order valence-electron chi connectivity index (χ2n) is 4.28. The van der Waals surface area contributed by atoms with Crippen LogP contribution in [0.4, 0.5) is 0 Å². The fraction of sp³-hybridized carbons (Fsp3) is 0.133. The Hall–Kier alpha value is -2.47. The molecule has 1 aromatic carbocycles. The summed E-state index contributed by atoms with van der Waals surface area (Å²) in [6.45, 7) is 0.580. The fourth-order valence-corrected chi connectivity index (χ4v) is 2.51. The van der Waals surface area contributed by atoms with E-state index in [0.717, 1.165) is 11.0 Å². The van der Waals surface area contributed by atoms with Crippen LogP contribution in [-0.2, 0) is 11.4 Å². The van der Waals surface area contributed by atoms with Gasteiger partial charge in [0.25, 0.3) is 0 Å². The van der Waals surface area contributed by atoms with Gasteiger partial charge in [-0.3, -0.25) is 0 Å². The summed E-state index contributed by atoms with van der Waals surface area (Å²) in [6, 6.07) is 7.36. The summed E-state index contributed by atoms with van der Waals surface area (Å²) < 4.78 is 16.4. The van der Waals surface area contributed by atoms with E-state index in [2.05, 4.69) is 0 Å². The topological polar surface area (TPSA) is 65.0 Å². The van der Waals surface area contributed by atoms with Gasteiger partial charge in [0.1, 0.15) is 12.4 Å². The first-order valence-electron chi connectivity index (χ1n) is 6.22. The van der Waals surface area contributed by atoms with E-state index in [1.165, 1.54) is 6.08 Å². The van der Waals surface area contributed by atoms with E-state index in [1.54, 1.807) is 23.5 Å². The van der Waals surface area contributed by atoms with Crippen LogP contribution in [0.2, 0.25) is 0 Å². The molecular formula is C15H12O5S. The highest BCUT2D eigenvalue weighted by molar-refractivity contribution is 7.09. The van der Waals surface area contributed by atoms with Crippen molar-refractivity contribution in [3.63, 3.8) is 0 Å². The monoisotopic (exact) mass is 304 g/mol. The van der Waals surface area contributed by atoms with Crippen LogP contribution in [-0.4, -0.2) is 17.9 Å². The lowest BCUT2D eigenvalue weighted by Gasteiger charge is -2.09. The second-order valence-corrected chi connectivity index (χ2v) is 5.32. The molecule has 1 aliphatic rings. The van der Waals surface area contributed by atoms with Gasteiger partial charge in [-0.05, 0) is 23.6 Å². The maximum atomic E-state index is 10.7. The lowest BCUT2D eigenvalue weighted by molar-refractivity contribution is -0.131. The molecule has 0 spiro atoms. The van der Waals surface area contributed by atoms with Crippen molar-refractivity contribution in [3.05, 3.63) is 46.2 Å². The molecule has 1 N–H and O–H groups in total. The summed E-state index contributed by atoms with van der Waals surface area (Å²) in [7, 11) is 0. The number of aliphatic carboxylic acids is 1. The molecule has 6 heteroatoms. The molecule has 0 saturated heterocycles. The largest absolute Gasteiger partial charge is 0.487 e. The third-order valence-electron chi connectivity index (χ3n) is 2.86. The summed E-state index contributed by atoms with van der Waals surface area (Å²) in [5.74, 6) is 0.731. The van der Waals surface area contributed by atoms with Crippen LogP contribution in [0.25, 0.3) is 6.08 Å². The summed E-state index contributed by atoms with van der Waals surface area (Å²) in [5, 5.41) is 10.7. The van der Waals surface area contributed by atoms with Crippen LogP contribution in [0.15, 0.2) is 35.7 Å². The molecule has 21 heavy (non-hydrogen) atoms. The summed E-state index contributed by atoms with van der Waals surface area (Å²) in [6.07, 6.45) is 2.55. The second kappa shape index (κ2) is 5.88. The maximum absolute atomic E-state index is 10.7. The van der Waals surface area contributed by atoms with Crippen molar-refractivity contribution >= 4 is 23.4 Å². The maximum Gasteiger partial charge on any atom is 0.328 e. The number of hydrogen-bond acceptors (Lipinski definition) is 5. The Balaban J connectivity index is 1.87. The lowest BCUT2D eigenvalue weighted by Crippen LogP contribution is -1.96. The number of ether oxygens (including phenoxy) is 3. The number of fused-ring (bicyclic) bond motifs is 1. The normalized spacial score (nSPS) is 12.8. The Bertz CT molecular complexity index is 676. The number of thiophene rings is 1. The van der Waals surface area contributed by atoms with Crippen molar-refractivity contribution in [1.82, 2.24) is 0 Å². The number of carboxylic acid groups (broad SMARTS) is 1. The fourth-order valence-electron chi connectivity index (χ4n) is 1.90. The lowest BCUT2D eigenvalue weighted by atomic mass is 10.1. The van der Waals surface area contributed by atoms with Crippen molar-refractivity contribution in [2.45, 2.75) is 6.61 Å². The number of carbonyl (C=O) groups is 1. The number of carboxylic acids is 1. The van der Waals surface area contributed by atoms with Crippen LogP contribution in [0, 0.1) is 0 Å². The first-order chi connectivity index (χ1) is 10.2. The quantitative estimate of drug-likeness (QED) is 0.860. The zero-order valence-corrected chi connectivity index (χ0v) is 11.8. The number of rotatable bonds is 5. The minimum atomic E-state index is -1.02. The molecular weight excluding hydrogens is 292 g/mol. The summed E-state index contributed by atoms with van der Waals surface area (Å²) >= 11 is 1.60. The minimum Gasteiger partial charge on any atom is -0.487 e. The van der Waals surface area contributed by atoms with Gasteiger partial charge >= 0.3 is 5.97 Å². The Morgan fingerprint density at radius 2 is 2.19 bits per heavy atom. The molecule has 1 aliphatic heterocycles. The molecule has 1 aromatic heterocycles. The minimum absolute atomic E-state index is 0.159. The summed E-state index contributed by atoms with van der Waals surface area (Å²) in [5.41, 5.74) is 0.637. The van der Waals surface area contributed by atoms with Gasteiger partial charge in [-0.1, -0.05) is 6.07 Å². The SMILES string of the molecule is O=C(O)C=Cc1cc2c(cc1OCc1cccs1)OCO2. The van der Waals surface area contributed by atoms with Crippen LogP contribution in [0.3, 0.4) is 0 Å². The molecule has 0 aliphatic carbocycles. The van der Waals surface area contributed by atoms with Gasteiger partial charge in [0.05, 0.1) is 0 Å². The van der Waals surface area contributed by atoms with Gasteiger partial charge in [0.15, 0.2) is 11.5 Å². The molecule has 3 rings (SSSR count). The van der Waals surface area contributed by atoms with E-state index in [1.807, 2.05) is 17.5 Å².